The summed E-state index contributed by atoms with van der Waals surface area (Å²) >= 11 is 12.5. The lowest BCUT2D eigenvalue weighted by molar-refractivity contribution is 0.106. The highest BCUT2D eigenvalue weighted by atomic mass is 35.5. The summed E-state index contributed by atoms with van der Waals surface area (Å²) in [4.78, 5) is 9.93. The molecule has 1 aliphatic heterocycles. The van der Waals surface area contributed by atoms with Gasteiger partial charge in [0.1, 0.15) is 17.1 Å². The molecule has 3 nitrogen and oxygen atoms in total. The maximum Gasteiger partial charge on any atom is 0.181 e. The minimum absolute atomic E-state index is 0.444. The third-order valence-electron chi connectivity index (χ3n) is 5.19. The number of fused-ring (bicyclic) bond motifs is 4. The van der Waals surface area contributed by atoms with E-state index in [0.717, 1.165) is 28.3 Å². The number of hydrogen-bond donors (Lipinski definition) is 0. The van der Waals surface area contributed by atoms with Gasteiger partial charge >= 0.3 is 0 Å². The van der Waals surface area contributed by atoms with Crippen molar-refractivity contribution < 1.29 is 4.74 Å². The van der Waals surface area contributed by atoms with Crippen LogP contribution in [0.1, 0.15) is 17.7 Å². The number of nitrogens with zero attached hydrogens (tertiary/aromatic N) is 2. The zero-order valence-electron chi connectivity index (χ0n) is 15.4. The van der Waals surface area contributed by atoms with Crippen molar-refractivity contribution in [1.29, 1.82) is 0 Å². The second-order valence-corrected chi connectivity index (χ2v) is 7.77. The lowest BCUT2D eigenvalue weighted by Crippen LogP contribution is -2.38. The Morgan fingerprint density at radius 1 is 0.897 bits per heavy atom. The molecule has 0 aliphatic carbocycles. The second kappa shape index (κ2) is 6.87. The van der Waals surface area contributed by atoms with Crippen LogP contribution in [0.2, 0.25) is 10.0 Å². The van der Waals surface area contributed by atoms with Crippen molar-refractivity contribution >= 4 is 34.2 Å². The van der Waals surface area contributed by atoms with Crippen molar-refractivity contribution in [3.8, 4) is 17.0 Å². The van der Waals surface area contributed by atoms with Gasteiger partial charge in [-0.15, -0.1) is 6.58 Å². The number of rotatable bonds is 3. The van der Waals surface area contributed by atoms with E-state index in [4.69, 9.17) is 37.9 Å². The van der Waals surface area contributed by atoms with E-state index in [2.05, 4.69) is 6.58 Å². The summed E-state index contributed by atoms with van der Waals surface area (Å²) in [7, 11) is 0. The number of benzene rings is 3. The average molecular weight is 419 g/mol. The van der Waals surface area contributed by atoms with Crippen LogP contribution >= 0.6 is 23.2 Å². The zero-order valence-corrected chi connectivity index (χ0v) is 16.9. The van der Waals surface area contributed by atoms with Gasteiger partial charge in [0, 0.05) is 17.5 Å². The van der Waals surface area contributed by atoms with E-state index in [1.807, 2.05) is 60.7 Å². The number of halogens is 2. The molecule has 1 aliphatic rings. The molecule has 5 rings (SSSR count). The summed E-state index contributed by atoms with van der Waals surface area (Å²) < 4.78 is 6.64. The Morgan fingerprint density at radius 3 is 2.28 bits per heavy atom. The highest BCUT2D eigenvalue weighted by Gasteiger charge is 2.44. The smallest absolute Gasteiger partial charge is 0.181 e. The fraction of sp³-hybridized carbons (Fsp3) is 0.0833. The summed E-state index contributed by atoms with van der Waals surface area (Å²) in [6, 6.07) is 21.4. The van der Waals surface area contributed by atoms with Crippen molar-refractivity contribution in [3.63, 3.8) is 0 Å². The Morgan fingerprint density at radius 2 is 1.55 bits per heavy atom. The molecule has 29 heavy (non-hydrogen) atoms. The highest BCUT2D eigenvalue weighted by molar-refractivity contribution is 6.42. The van der Waals surface area contributed by atoms with Crippen LogP contribution in [0, 0.1) is 0 Å². The lowest BCUT2D eigenvalue weighted by Gasteiger charge is -2.39. The summed E-state index contributed by atoms with van der Waals surface area (Å²) in [6.45, 7) is 3.98. The molecule has 1 aromatic heterocycles. The Hall–Kier alpha value is -2.88. The zero-order chi connectivity index (χ0) is 20.0. The molecule has 3 aromatic carbocycles. The molecule has 0 N–H and O–H groups in total. The largest absolute Gasteiger partial charge is 0.475 e. The van der Waals surface area contributed by atoms with E-state index in [1.54, 1.807) is 12.1 Å². The summed E-state index contributed by atoms with van der Waals surface area (Å²) in [6.07, 6.45) is 2.39. The Balaban J connectivity index is 1.90. The van der Waals surface area contributed by atoms with Gasteiger partial charge in [-0.25, -0.2) is 9.97 Å². The summed E-state index contributed by atoms with van der Waals surface area (Å²) in [5.74, 6) is 0.763. The van der Waals surface area contributed by atoms with Crippen LogP contribution in [0.15, 0.2) is 79.4 Å². The molecular weight excluding hydrogens is 403 g/mol. The number of para-hydroxylation sites is 1. The van der Waals surface area contributed by atoms with Crippen LogP contribution in [0.3, 0.4) is 0 Å². The van der Waals surface area contributed by atoms with Gasteiger partial charge in [-0.2, -0.15) is 0 Å². The maximum absolute atomic E-state index is 6.64. The van der Waals surface area contributed by atoms with Gasteiger partial charge in [0.15, 0.2) is 5.60 Å². The second-order valence-electron chi connectivity index (χ2n) is 6.96. The van der Waals surface area contributed by atoms with Gasteiger partial charge in [0.2, 0.25) is 0 Å². The first-order valence-electron chi connectivity index (χ1n) is 9.24. The molecule has 0 saturated heterocycles. The van der Waals surface area contributed by atoms with Crippen molar-refractivity contribution in [2.24, 2.45) is 0 Å². The summed E-state index contributed by atoms with van der Waals surface area (Å²) in [5, 5.41) is 0.897. The molecule has 0 amide bonds. The maximum atomic E-state index is 6.64. The minimum atomic E-state index is -0.833. The fourth-order valence-corrected chi connectivity index (χ4v) is 4.19. The molecule has 0 saturated carbocycles. The average Bonchev–Trinajstić information content (AvgIpc) is 2.74. The lowest BCUT2D eigenvalue weighted by atomic mass is 9.82. The highest BCUT2D eigenvalue weighted by Crippen LogP contribution is 2.49. The van der Waals surface area contributed by atoms with Crippen LogP contribution in [0.5, 0.6) is 5.75 Å². The van der Waals surface area contributed by atoms with E-state index in [1.165, 1.54) is 0 Å². The molecule has 4 aromatic rings. The molecule has 0 radical (unpaired) electrons. The molecule has 0 fully saturated rings. The molecule has 0 bridgehead atoms. The molecule has 0 unspecified atom stereocenters. The number of ether oxygens (including phenoxy) is 1. The third kappa shape index (κ3) is 2.81. The topological polar surface area (TPSA) is 35.0 Å². The van der Waals surface area contributed by atoms with Crippen molar-refractivity contribution in [1.82, 2.24) is 9.97 Å². The molecule has 1 atom stereocenters. The molecule has 0 spiro atoms. The van der Waals surface area contributed by atoms with Crippen LogP contribution < -0.4 is 4.74 Å². The molecule has 2 heterocycles. The van der Waals surface area contributed by atoms with Crippen molar-refractivity contribution in [2.75, 3.05) is 0 Å². The fourth-order valence-electron chi connectivity index (χ4n) is 3.87. The van der Waals surface area contributed by atoms with Gasteiger partial charge < -0.3 is 4.74 Å². The van der Waals surface area contributed by atoms with Crippen molar-refractivity contribution in [3.05, 3.63) is 101 Å². The van der Waals surface area contributed by atoms with Crippen LogP contribution in [0.4, 0.5) is 0 Å². The monoisotopic (exact) mass is 418 g/mol. The van der Waals surface area contributed by atoms with Crippen LogP contribution in [-0.4, -0.2) is 9.97 Å². The predicted octanol–water partition coefficient (Wildman–Crippen LogP) is 6.82. The quantitative estimate of drug-likeness (QED) is 0.342. The third-order valence-corrected chi connectivity index (χ3v) is 5.91. The van der Waals surface area contributed by atoms with E-state index in [0.29, 0.717) is 27.5 Å². The van der Waals surface area contributed by atoms with E-state index < -0.39 is 5.60 Å². The number of hydrogen-bond acceptors (Lipinski definition) is 3. The summed E-state index contributed by atoms with van der Waals surface area (Å²) in [5.41, 5.74) is 3.94. The van der Waals surface area contributed by atoms with Gasteiger partial charge in [0.05, 0.1) is 21.1 Å². The predicted molar refractivity (Wildman–Crippen MR) is 118 cm³/mol. The Labute approximate surface area is 178 Å². The first kappa shape index (κ1) is 18.2. The SMILES string of the molecule is C=CC[C@@]1(c2ccccc2)Oc2ccccc2-c2nc3cc(Cl)c(Cl)cc3nc21. The minimum Gasteiger partial charge on any atom is -0.475 e. The first-order valence-corrected chi connectivity index (χ1v) is 10.00. The molecule has 142 valence electrons. The van der Waals surface area contributed by atoms with E-state index in [-0.39, 0.29) is 0 Å². The Bertz CT molecular complexity index is 1260. The van der Waals surface area contributed by atoms with Gasteiger partial charge in [0.25, 0.3) is 0 Å². The van der Waals surface area contributed by atoms with Gasteiger partial charge in [-0.05, 0) is 24.3 Å². The number of aromatic nitrogens is 2. The van der Waals surface area contributed by atoms with Gasteiger partial charge in [-0.1, -0.05) is 71.7 Å². The van der Waals surface area contributed by atoms with Crippen LogP contribution in [-0.2, 0) is 5.60 Å². The van der Waals surface area contributed by atoms with E-state index in [9.17, 15) is 0 Å². The molecular formula is C24H16Cl2N2O. The Kier molecular flexibility index (Phi) is 4.30. The first-order chi connectivity index (χ1) is 14.1. The standard InChI is InChI=1S/C24H16Cl2N2O/c1-2-12-24(15-8-4-3-5-9-15)23-22(16-10-6-7-11-21(16)29-24)27-19-13-17(25)18(26)14-20(19)28-23/h2-11,13-14H,1,12H2/t24-/m0/s1. The van der Waals surface area contributed by atoms with Gasteiger partial charge in [-0.3, -0.25) is 0 Å². The van der Waals surface area contributed by atoms with E-state index >= 15 is 0 Å². The van der Waals surface area contributed by atoms with Crippen LogP contribution in [0.25, 0.3) is 22.3 Å². The normalized spacial score (nSPS) is 17.3. The molecule has 5 heteroatoms. The van der Waals surface area contributed by atoms with Crippen molar-refractivity contribution in [2.45, 2.75) is 12.0 Å².